The number of carbonyl (C=O) groups excluding carboxylic acids is 1. The fraction of sp³-hybridized carbons (Fsp3) is 0.231. The van der Waals surface area contributed by atoms with Crippen molar-refractivity contribution in [2.45, 2.75) is 13.5 Å². The summed E-state index contributed by atoms with van der Waals surface area (Å²) in [7, 11) is 1.59. The summed E-state index contributed by atoms with van der Waals surface area (Å²) >= 11 is 0. The second kappa shape index (κ2) is 5.01. The fourth-order valence-electron chi connectivity index (χ4n) is 1.73. The number of furan rings is 2. The Morgan fingerprint density at radius 2 is 2.16 bits per heavy atom. The van der Waals surface area contributed by atoms with Crippen LogP contribution in [0, 0.1) is 6.92 Å². The zero-order chi connectivity index (χ0) is 14.0. The first kappa shape index (κ1) is 12.9. The number of aryl methyl sites for hydroxylation is 1. The highest BCUT2D eigenvalue weighted by Gasteiger charge is 2.18. The molecule has 0 fully saturated rings. The van der Waals surface area contributed by atoms with E-state index in [0.29, 0.717) is 11.5 Å². The molecular weight excluding hydrogens is 250 g/mol. The van der Waals surface area contributed by atoms with Crippen molar-refractivity contribution in [3.8, 4) is 0 Å². The van der Waals surface area contributed by atoms with Gasteiger partial charge >= 0.3 is 5.97 Å². The highest BCUT2D eigenvalue weighted by Crippen LogP contribution is 2.17. The van der Waals surface area contributed by atoms with Gasteiger partial charge in [0.05, 0.1) is 12.8 Å². The maximum absolute atomic E-state index is 11.9. The van der Waals surface area contributed by atoms with Gasteiger partial charge in [-0.05, 0) is 25.1 Å². The SMILES string of the molecule is Cc1oc(CN(C)C(=O)c2ccco2)cc1C(=O)O. The lowest BCUT2D eigenvalue weighted by Gasteiger charge is -2.13. The van der Waals surface area contributed by atoms with E-state index in [9.17, 15) is 9.59 Å². The normalized spacial score (nSPS) is 10.4. The van der Waals surface area contributed by atoms with Gasteiger partial charge in [0, 0.05) is 7.05 Å². The molecule has 2 rings (SSSR count). The van der Waals surface area contributed by atoms with Gasteiger partial charge in [-0.25, -0.2) is 4.79 Å². The molecule has 2 aromatic rings. The summed E-state index contributed by atoms with van der Waals surface area (Å²) in [4.78, 5) is 24.2. The van der Waals surface area contributed by atoms with E-state index in [4.69, 9.17) is 13.9 Å². The van der Waals surface area contributed by atoms with Gasteiger partial charge in [-0.1, -0.05) is 0 Å². The summed E-state index contributed by atoms with van der Waals surface area (Å²) in [5.74, 6) is -0.383. The van der Waals surface area contributed by atoms with Gasteiger partial charge in [0.1, 0.15) is 17.1 Å². The fourth-order valence-corrected chi connectivity index (χ4v) is 1.73. The average Bonchev–Trinajstić information content (AvgIpc) is 2.97. The first-order valence-electron chi connectivity index (χ1n) is 5.60. The maximum Gasteiger partial charge on any atom is 0.339 e. The molecule has 0 aliphatic heterocycles. The number of carboxylic acid groups (broad SMARTS) is 1. The lowest BCUT2D eigenvalue weighted by molar-refractivity contribution is 0.0693. The molecule has 0 aliphatic carbocycles. The lowest BCUT2D eigenvalue weighted by atomic mass is 10.2. The Morgan fingerprint density at radius 1 is 1.42 bits per heavy atom. The number of aromatic carboxylic acids is 1. The van der Waals surface area contributed by atoms with Crippen LogP contribution in [0.1, 0.15) is 32.4 Å². The standard InChI is InChI=1S/C13H13NO5/c1-8-10(13(16)17)6-9(19-8)7-14(2)12(15)11-4-3-5-18-11/h3-6H,7H2,1-2H3,(H,16,17). The van der Waals surface area contributed by atoms with E-state index >= 15 is 0 Å². The number of carbonyl (C=O) groups is 2. The highest BCUT2D eigenvalue weighted by molar-refractivity contribution is 5.91. The quantitative estimate of drug-likeness (QED) is 0.913. The molecule has 100 valence electrons. The van der Waals surface area contributed by atoms with Crippen LogP contribution in [0.5, 0.6) is 0 Å². The van der Waals surface area contributed by atoms with Crippen molar-refractivity contribution in [3.63, 3.8) is 0 Å². The zero-order valence-electron chi connectivity index (χ0n) is 10.5. The topological polar surface area (TPSA) is 83.9 Å². The van der Waals surface area contributed by atoms with Crippen molar-refractivity contribution < 1.29 is 23.5 Å². The van der Waals surface area contributed by atoms with E-state index in [1.807, 2.05) is 0 Å². The van der Waals surface area contributed by atoms with Crippen LogP contribution in [0.15, 0.2) is 33.3 Å². The average molecular weight is 263 g/mol. The second-order valence-corrected chi connectivity index (χ2v) is 4.13. The Hall–Kier alpha value is -2.50. The first-order valence-corrected chi connectivity index (χ1v) is 5.60. The van der Waals surface area contributed by atoms with E-state index in [1.165, 1.54) is 17.2 Å². The molecule has 2 aromatic heterocycles. The van der Waals surface area contributed by atoms with Gasteiger partial charge < -0.3 is 18.8 Å². The van der Waals surface area contributed by atoms with Crippen molar-refractivity contribution in [2.75, 3.05) is 7.05 Å². The molecule has 19 heavy (non-hydrogen) atoms. The molecule has 0 spiro atoms. The van der Waals surface area contributed by atoms with Crippen molar-refractivity contribution in [1.29, 1.82) is 0 Å². The summed E-state index contributed by atoms with van der Waals surface area (Å²) in [6.45, 7) is 1.74. The van der Waals surface area contributed by atoms with Gasteiger partial charge in [0.2, 0.25) is 0 Å². The molecule has 6 nitrogen and oxygen atoms in total. The number of rotatable bonds is 4. The molecule has 0 aromatic carbocycles. The van der Waals surface area contributed by atoms with Crippen molar-refractivity contribution in [1.82, 2.24) is 4.90 Å². The van der Waals surface area contributed by atoms with Crippen LogP contribution in [0.3, 0.4) is 0 Å². The van der Waals surface area contributed by atoms with Gasteiger partial charge in [0.15, 0.2) is 5.76 Å². The minimum Gasteiger partial charge on any atom is -0.478 e. The predicted octanol–water partition coefficient (Wildman–Crippen LogP) is 2.15. The molecule has 0 saturated carbocycles. The Labute approximate surface area is 109 Å². The Balaban J connectivity index is 2.11. The Kier molecular flexibility index (Phi) is 3.41. The van der Waals surface area contributed by atoms with E-state index in [2.05, 4.69) is 0 Å². The molecule has 2 heterocycles. The molecule has 6 heteroatoms. The summed E-state index contributed by atoms with van der Waals surface area (Å²) in [5.41, 5.74) is 0.105. The van der Waals surface area contributed by atoms with Crippen LogP contribution in [0.2, 0.25) is 0 Å². The van der Waals surface area contributed by atoms with E-state index in [-0.39, 0.29) is 23.8 Å². The van der Waals surface area contributed by atoms with Crippen LogP contribution in [0.4, 0.5) is 0 Å². The molecule has 0 bridgehead atoms. The third kappa shape index (κ3) is 2.67. The minimum atomic E-state index is -1.05. The number of hydrogen-bond donors (Lipinski definition) is 1. The van der Waals surface area contributed by atoms with Gasteiger partial charge in [0.25, 0.3) is 5.91 Å². The largest absolute Gasteiger partial charge is 0.478 e. The molecule has 0 radical (unpaired) electrons. The zero-order valence-corrected chi connectivity index (χ0v) is 10.5. The Morgan fingerprint density at radius 3 is 2.68 bits per heavy atom. The van der Waals surface area contributed by atoms with E-state index in [1.54, 1.807) is 26.1 Å². The maximum atomic E-state index is 11.9. The number of amides is 1. The predicted molar refractivity (Wildman–Crippen MR) is 64.9 cm³/mol. The summed E-state index contributed by atoms with van der Waals surface area (Å²) in [5, 5.41) is 8.92. The Bertz CT molecular complexity index is 597. The highest BCUT2D eigenvalue weighted by atomic mass is 16.4. The third-order valence-corrected chi connectivity index (χ3v) is 2.67. The van der Waals surface area contributed by atoms with Gasteiger partial charge in [-0.3, -0.25) is 4.79 Å². The number of carboxylic acids is 1. The smallest absolute Gasteiger partial charge is 0.339 e. The molecule has 0 saturated heterocycles. The van der Waals surface area contributed by atoms with Crippen LogP contribution in [-0.4, -0.2) is 28.9 Å². The van der Waals surface area contributed by atoms with Crippen molar-refractivity contribution in [2.24, 2.45) is 0 Å². The van der Waals surface area contributed by atoms with Crippen LogP contribution >= 0.6 is 0 Å². The molecule has 0 unspecified atom stereocenters. The molecule has 1 N–H and O–H groups in total. The molecule has 1 amide bonds. The molecule has 0 aliphatic rings. The first-order chi connectivity index (χ1) is 8.99. The second-order valence-electron chi connectivity index (χ2n) is 4.13. The monoisotopic (exact) mass is 263 g/mol. The van der Waals surface area contributed by atoms with Crippen molar-refractivity contribution in [3.05, 3.63) is 47.3 Å². The molecular formula is C13H13NO5. The third-order valence-electron chi connectivity index (χ3n) is 2.67. The summed E-state index contributed by atoms with van der Waals surface area (Å²) in [6.07, 6.45) is 1.42. The number of nitrogens with zero attached hydrogens (tertiary/aromatic N) is 1. The van der Waals surface area contributed by atoms with Gasteiger partial charge in [-0.2, -0.15) is 0 Å². The van der Waals surface area contributed by atoms with Gasteiger partial charge in [-0.15, -0.1) is 0 Å². The van der Waals surface area contributed by atoms with Crippen molar-refractivity contribution >= 4 is 11.9 Å². The van der Waals surface area contributed by atoms with E-state index in [0.717, 1.165) is 0 Å². The number of hydrogen-bond acceptors (Lipinski definition) is 4. The van der Waals surface area contributed by atoms with Crippen LogP contribution in [0.25, 0.3) is 0 Å². The minimum absolute atomic E-state index is 0.105. The summed E-state index contributed by atoms with van der Waals surface area (Å²) < 4.78 is 10.3. The lowest BCUT2D eigenvalue weighted by Crippen LogP contribution is -2.25. The summed E-state index contributed by atoms with van der Waals surface area (Å²) in [6, 6.07) is 4.61. The van der Waals surface area contributed by atoms with Crippen LogP contribution in [-0.2, 0) is 6.54 Å². The molecule has 0 atom stereocenters. The van der Waals surface area contributed by atoms with Crippen LogP contribution < -0.4 is 0 Å². The van der Waals surface area contributed by atoms with E-state index < -0.39 is 5.97 Å².